The van der Waals surface area contributed by atoms with E-state index in [1.807, 2.05) is 19.2 Å². The number of piperidine rings is 1. The van der Waals surface area contributed by atoms with E-state index in [1.54, 1.807) is 0 Å². The van der Waals surface area contributed by atoms with Gasteiger partial charge in [-0.05, 0) is 36.6 Å². The molecule has 0 spiro atoms. The van der Waals surface area contributed by atoms with Crippen molar-refractivity contribution < 1.29 is 0 Å². The van der Waals surface area contributed by atoms with Crippen LogP contribution in [0.25, 0.3) is 0 Å². The number of aromatic nitrogens is 2. The zero-order chi connectivity index (χ0) is 16.1. The minimum atomic E-state index is 0.537. The van der Waals surface area contributed by atoms with Gasteiger partial charge in [0.1, 0.15) is 5.82 Å². The Morgan fingerprint density at radius 1 is 1.17 bits per heavy atom. The van der Waals surface area contributed by atoms with Gasteiger partial charge < -0.3 is 15.5 Å². The number of hydrogen-bond donors (Lipinski definition) is 2. The molecular formula is C18H20N6. The van der Waals surface area contributed by atoms with Crippen LogP contribution in [-0.2, 0) is 6.54 Å². The van der Waals surface area contributed by atoms with Crippen LogP contribution >= 0.6 is 0 Å². The maximum Gasteiger partial charge on any atom is 0.228 e. The predicted molar refractivity (Wildman–Crippen MR) is 95.3 cm³/mol. The molecule has 0 amide bonds. The van der Waals surface area contributed by atoms with E-state index in [4.69, 9.17) is 4.98 Å². The highest BCUT2D eigenvalue weighted by molar-refractivity contribution is 5.86. The molecule has 6 heteroatoms. The number of piperazine rings is 1. The van der Waals surface area contributed by atoms with Crippen molar-refractivity contribution in [1.82, 2.24) is 15.3 Å². The third-order valence-electron chi connectivity index (χ3n) is 5.07. The van der Waals surface area contributed by atoms with Crippen LogP contribution in [0.15, 0.2) is 29.3 Å². The largest absolute Gasteiger partial charge is 0.340 e. The van der Waals surface area contributed by atoms with Crippen molar-refractivity contribution in [2.45, 2.75) is 32.0 Å². The van der Waals surface area contributed by atoms with Gasteiger partial charge in [-0.1, -0.05) is 6.07 Å². The van der Waals surface area contributed by atoms with E-state index in [1.165, 1.54) is 17.5 Å². The molecule has 0 saturated carbocycles. The third-order valence-corrected chi connectivity index (χ3v) is 5.07. The van der Waals surface area contributed by atoms with Crippen molar-refractivity contribution in [3.05, 3.63) is 41.1 Å². The molecule has 2 atom stereocenters. The Hall–Kier alpha value is -2.47. The van der Waals surface area contributed by atoms with Crippen molar-refractivity contribution in [3.63, 3.8) is 0 Å². The first kappa shape index (κ1) is 13.9. The van der Waals surface area contributed by atoms with E-state index in [9.17, 15) is 0 Å². The number of hydrogen-bond acceptors (Lipinski definition) is 6. The molecule has 6 nitrogen and oxygen atoms in total. The Morgan fingerprint density at radius 3 is 2.88 bits per heavy atom. The quantitative estimate of drug-likeness (QED) is 0.906. The molecule has 0 radical (unpaired) electrons. The molecular weight excluding hydrogens is 300 g/mol. The third kappa shape index (κ3) is 2.26. The highest BCUT2D eigenvalue weighted by Gasteiger charge is 2.42. The number of nitrogens with one attached hydrogen (secondary N) is 2. The van der Waals surface area contributed by atoms with Gasteiger partial charge in [0.05, 0.1) is 6.54 Å². The number of nitrogens with zero attached hydrogens (tertiary/aromatic N) is 4. The second kappa shape index (κ2) is 5.27. The van der Waals surface area contributed by atoms with E-state index in [0.717, 1.165) is 42.8 Å². The van der Waals surface area contributed by atoms with Crippen LogP contribution in [-0.4, -0.2) is 41.4 Å². The smallest absolute Gasteiger partial charge is 0.228 e. The maximum atomic E-state index is 4.77. The molecule has 2 unspecified atom stereocenters. The summed E-state index contributed by atoms with van der Waals surface area (Å²) in [5.41, 5.74) is 4.50. The molecule has 2 aromatic rings. The van der Waals surface area contributed by atoms with Crippen LogP contribution in [0.2, 0.25) is 0 Å². The second-order valence-corrected chi connectivity index (χ2v) is 6.81. The summed E-state index contributed by atoms with van der Waals surface area (Å²) in [5.74, 6) is 1.70. The molecule has 4 heterocycles. The highest BCUT2D eigenvalue weighted by Crippen LogP contribution is 2.33. The van der Waals surface area contributed by atoms with Crippen molar-refractivity contribution in [3.8, 4) is 0 Å². The van der Waals surface area contributed by atoms with Gasteiger partial charge in [-0.2, -0.15) is 4.98 Å². The van der Waals surface area contributed by atoms with Crippen molar-refractivity contribution in [2.24, 2.45) is 4.99 Å². The molecule has 24 heavy (non-hydrogen) atoms. The summed E-state index contributed by atoms with van der Waals surface area (Å²) in [6.07, 6.45) is 3.18. The number of aliphatic imine (C=N–C) groups is 1. The van der Waals surface area contributed by atoms with Gasteiger partial charge >= 0.3 is 0 Å². The van der Waals surface area contributed by atoms with E-state index in [-0.39, 0.29) is 0 Å². The Kier molecular flexibility index (Phi) is 3.06. The fraction of sp³-hybridized carbons (Fsp3) is 0.389. The van der Waals surface area contributed by atoms with Gasteiger partial charge in [0.25, 0.3) is 0 Å². The average molecular weight is 320 g/mol. The van der Waals surface area contributed by atoms with E-state index >= 15 is 0 Å². The number of rotatable bonds is 3. The first-order chi connectivity index (χ1) is 11.8. The predicted octanol–water partition coefficient (Wildman–Crippen LogP) is 2.01. The zero-order valence-electron chi connectivity index (χ0n) is 13.7. The summed E-state index contributed by atoms with van der Waals surface area (Å²) in [6, 6.07) is 9.42. The lowest BCUT2D eigenvalue weighted by Gasteiger charge is -2.53. The van der Waals surface area contributed by atoms with Crippen LogP contribution in [0.4, 0.5) is 17.5 Å². The molecule has 2 saturated heterocycles. The molecule has 3 aliphatic rings. The molecule has 3 aliphatic heterocycles. The molecule has 5 rings (SSSR count). The van der Waals surface area contributed by atoms with Crippen molar-refractivity contribution in [1.29, 1.82) is 0 Å². The van der Waals surface area contributed by atoms with E-state index in [0.29, 0.717) is 12.1 Å². The summed E-state index contributed by atoms with van der Waals surface area (Å²) in [5, 5.41) is 6.88. The van der Waals surface area contributed by atoms with Gasteiger partial charge in [-0.15, -0.1) is 0 Å². The molecule has 2 fully saturated rings. The fourth-order valence-electron chi connectivity index (χ4n) is 3.87. The van der Waals surface area contributed by atoms with Crippen LogP contribution < -0.4 is 15.5 Å². The van der Waals surface area contributed by atoms with E-state index in [2.05, 4.69) is 43.7 Å². The van der Waals surface area contributed by atoms with Crippen molar-refractivity contribution in [2.75, 3.05) is 23.3 Å². The van der Waals surface area contributed by atoms with Crippen molar-refractivity contribution >= 4 is 23.7 Å². The topological polar surface area (TPSA) is 65.4 Å². The Labute approximate surface area is 141 Å². The number of aryl methyl sites for hydroxylation is 1. The van der Waals surface area contributed by atoms with Gasteiger partial charge in [0, 0.05) is 48.8 Å². The Bertz CT molecular complexity index is 816. The standard InChI is InChI=1S/C18H20N6/c1-11-4-17(22-14-3-2-12-7-19-8-13(12)5-14)23-18(21-11)24-15-6-16(24)10-20-9-15/h2-5,8,15-16,20H,6-7,9-10H2,1H3,(H,21,22,23). The first-order valence-electron chi connectivity index (χ1n) is 8.51. The zero-order valence-corrected chi connectivity index (χ0v) is 13.7. The van der Waals surface area contributed by atoms with E-state index < -0.39 is 0 Å². The lowest BCUT2D eigenvalue weighted by Crippen LogP contribution is -2.68. The summed E-state index contributed by atoms with van der Waals surface area (Å²) >= 11 is 0. The minimum absolute atomic E-state index is 0.537. The maximum absolute atomic E-state index is 4.77. The molecule has 122 valence electrons. The summed E-state index contributed by atoms with van der Waals surface area (Å²) in [7, 11) is 0. The summed E-state index contributed by atoms with van der Waals surface area (Å²) < 4.78 is 0. The molecule has 0 aliphatic carbocycles. The Morgan fingerprint density at radius 2 is 2.04 bits per heavy atom. The van der Waals surface area contributed by atoms with Crippen LogP contribution in [0.1, 0.15) is 23.2 Å². The monoisotopic (exact) mass is 320 g/mol. The van der Waals surface area contributed by atoms with Crippen LogP contribution in [0.5, 0.6) is 0 Å². The fourth-order valence-corrected chi connectivity index (χ4v) is 3.87. The lowest BCUT2D eigenvalue weighted by molar-refractivity contribution is 0.258. The van der Waals surface area contributed by atoms with Gasteiger partial charge in [-0.25, -0.2) is 4.98 Å². The SMILES string of the molecule is Cc1cc(Nc2ccc3c(c2)C=NC3)nc(N2C3CNCC2C3)n1. The molecule has 1 aromatic carbocycles. The average Bonchev–Trinajstić information content (AvgIpc) is 3.02. The number of anilines is 3. The van der Waals surface area contributed by atoms with Gasteiger partial charge in [0.15, 0.2) is 0 Å². The summed E-state index contributed by atoms with van der Waals surface area (Å²) in [6.45, 7) is 4.87. The molecule has 2 bridgehead atoms. The normalized spacial score (nSPS) is 23.8. The number of benzene rings is 1. The lowest BCUT2D eigenvalue weighted by atomic mass is 9.89. The minimum Gasteiger partial charge on any atom is -0.340 e. The van der Waals surface area contributed by atoms with Gasteiger partial charge in [0.2, 0.25) is 5.95 Å². The number of fused-ring (bicyclic) bond motifs is 3. The Balaban J connectivity index is 1.43. The van der Waals surface area contributed by atoms with Crippen LogP contribution in [0.3, 0.4) is 0 Å². The molecule has 2 N–H and O–H groups in total. The molecule has 1 aromatic heterocycles. The summed E-state index contributed by atoms with van der Waals surface area (Å²) in [4.78, 5) is 16.1. The van der Waals surface area contributed by atoms with Crippen LogP contribution in [0, 0.1) is 6.92 Å². The first-order valence-corrected chi connectivity index (χ1v) is 8.51. The highest BCUT2D eigenvalue weighted by atomic mass is 15.4. The van der Waals surface area contributed by atoms with Gasteiger partial charge in [-0.3, -0.25) is 4.99 Å². The second-order valence-electron chi connectivity index (χ2n) is 6.81.